The first-order chi connectivity index (χ1) is 8.77. The summed E-state index contributed by atoms with van der Waals surface area (Å²) in [5.74, 6) is 0.744. The van der Waals surface area contributed by atoms with Crippen molar-refractivity contribution >= 4 is 23.2 Å². The van der Waals surface area contributed by atoms with E-state index >= 15 is 0 Å². The highest BCUT2D eigenvalue weighted by atomic mass is 32.2. The fraction of sp³-hybridized carbons (Fsp3) is 0.133. The van der Waals surface area contributed by atoms with E-state index < -0.39 is 0 Å². The topological polar surface area (TPSA) is 43.1 Å². The van der Waals surface area contributed by atoms with Crippen molar-refractivity contribution < 1.29 is 4.79 Å². The Kier molecular flexibility index (Phi) is 2.84. The molecule has 3 rings (SSSR count). The lowest BCUT2D eigenvalue weighted by Gasteiger charge is -2.15. The molecule has 0 amide bonds. The maximum absolute atomic E-state index is 12.0. The zero-order chi connectivity index (χ0) is 12.5. The number of rotatable bonds is 1. The van der Waals surface area contributed by atoms with Crippen LogP contribution in [0.15, 0.2) is 58.5 Å². The number of carbonyl (C=O) groups excluding carboxylic acids is 1. The zero-order valence-electron chi connectivity index (χ0n) is 9.85. The molecule has 0 saturated heterocycles. The summed E-state index contributed by atoms with van der Waals surface area (Å²) in [6.45, 7) is 0. The Morgan fingerprint density at radius 2 is 2.00 bits per heavy atom. The Morgan fingerprint density at radius 3 is 2.78 bits per heavy atom. The molecule has 0 atom stereocenters. The average Bonchev–Trinajstić information content (AvgIpc) is 2.81. The van der Waals surface area contributed by atoms with Crippen LogP contribution in [0.3, 0.4) is 0 Å². The Labute approximate surface area is 110 Å². The van der Waals surface area contributed by atoms with Gasteiger partial charge in [0, 0.05) is 16.2 Å². The van der Waals surface area contributed by atoms with E-state index in [1.807, 2.05) is 36.4 Å². The number of carbonyl (C=O) groups is 1. The van der Waals surface area contributed by atoms with Crippen molar-refractivity contribution in [1.29, 1.82) is 0 Å². The number of Topliss-reactive ketones (excluding diaryl/α,β-unsaturated/α-hetero) is 1. The number of nitrogens with two attached hydrogens (primary N) is 1. The number of hydrogen-bond acceptors (Lipinski definition) is 3. The van der Waals surface area contributed by atoms with E-state index in [9.17, 15) is 4.79 Å². The molecule has 0 aromatic heterocycles. The molecule has 1 aliphatic heterocycles. The molecule has 0 bridgehead atoms. The van der Waals surface area contributed by atoms with Crippen LogP contribution in [-0.2, 0) is 4.79 Å². The van der Waals surface area contributed by atoms with E-state index in [4.69, 9.17) is 5.73 Å². The van der Waals surface area contributed by atoms with Crippen molar-refractivity contribution in [3.63, 3.8) is 0 Å². The van der Waals surface area contributed by atoms with E-state index in [0.717, 1.165) is 33.7 Å². The van der Waals surface area contributed by atoms with Crippen LogP contribution in [0.5, 0.6) is 0 Å². The fourth-order valence-corrected chi connectivity index (χ4v) is 3.30. The monoisotopic (exact) mass is 255 g/mol. The van der Waals surface area contributed by atoms with Crippen LogP contribution in [0.4, 0.5) is 0 Å². The Hall–Kier alpha value is -1.74. The molecule has 1 aromatic rings. The second kappa shape index (κ2) is 4.50. The molecule has 0 radical (unpaired) electrons. The number of ketones is 1. The fourth-order valence-electron chi connectivity index (χ4n) is 2.30. The van der Waals surface area contributed by atoms with Gasteiger partial charge in [0.05, 0.1) is 5.75 Å². The molecular formula is C15H13NOS. The van der Waals surface area contributed by atoms with Crippen molar-refractivity contribution in [2.45, 2.75) is 6.42 Å². The Bertz CT molecular complexity index is 596. The summed E-state index contributed by atoms with van der Waals surface area (Å²) in [7, 11) is 0. The first kappa shape index (κ1) is 11.4. The lowest BCUT2D eigenvalue weighted by molar-refractivity contribution is -0.112. The largest absolute Gasteiger partial charge is 0.398 e. The van der Waals surface area contributed by atoms with Crippen LogP contribution in [0, 0.1) is 0 Å². The van der Waals surface area contributed by atoms with E-state index in [2.05, 4.69) is 6.08 Å². The molecule has 2 nitrogen and oxygen atoms in total. The number of thioether (sulfide) groups is 1. The molecule has 0 saturated carbocycles. The summed E-state index contributed by atoms with van der Waals surface area (Å²) in [4.78, 5) is 13.0. The highest BCUT2D eigenvalue weighted by molar-refractivity contribution is 8.04. The molecule has 3 heteroatoms. The van der Waals surface area contributed by atoms with Gasteiger partial charge in [0.2, 0.25) is 0 Å². The van der Waals surface area contributed by atoms with Gasteiger partial charge in [0.15, 0.2) is 5.78 Å². The minimum absolute atomic E-state index is 0.202. The van der Waals surface area contributed by atoms with Gasteiger partial charge in [0.25, 0.3) is 0 Å². The summed E-state index contributed by atoms with van der Waals surface area (Å²) in [6, 6.07) is 9.84. The quantitative estimate of drug-likeness (QED) is 0.839. The number of hydrogen-bond donors (Lipinski definition) is 1. The first-order valence-corrected chi connectivity index (χ1v) is 6.87. The van der Waals surface area contributed by atoms with Crippen LogP contribution in [0.2, 0.25) is 0 Å². The van der Waals surface area contributed by atoms with Gasteiger partial charge < -0.3 is 5.73 Å². The van der Waals surface area contributed by atoms with Crippen molar-refractivity contribution in [1.82, 2.24) is 0 Å². The average molecular weight is 255 g/mol. The summed E-state index contributed by atoms with van der Waals surface area (Å²) < 4.78 is 0. The molecule has 18 heavy (non-hydrogen) atoms. The number of benzene rings is 1. The van der Waals surface area contributed by atoms with Crippen LogP contribution in [0.1, 0.15) is 12.0 Å². The Balaban J connectivity index is 2.12. The summed E-state index contributed by atoms with van der Waals surface area (Å²) >= 11 is 1.60. The van der Waals surface area contributed by atoms with Crippen LogP contribution in [0.25, 0.3) is 5.70 Å². The SMILES string of the molecule is N/C(=C1\CC=CC2=C1C(=O)CS2)c1ccccc1. The standard InChI is InChI=1S/C15H13NOS/c16-15(10-5-2-1-3-6-10)11-7-4-8-13-14(11)12(17)9-18-13/h1-6,8H,7,9,16H2/b15-11+. The van der Waals surface area contributed by atoms with Crippen LogP contribution in [-0.4, -0.2) is 11.5 Å². The minimum Gasteiger partial charge on any atom is -0.398 e. The summed E-state index contributed by atoms with van der Waals surface area (Å²) in [5, 5.41) is 0. The normalized spacial score (nSPS) is 21.2. The lowest BCUT2D eigenvalue weighted by Crippen LogP contribution is -2.10. The van der Waals surface area contributed by atoms with E-state index in [-0.39, 0.29) is 5.78 Å². The molecule has 2 N–H and O–H groups in total. The summed E-state index contributed by atoms with van der Waals surface area (Å²) in [6.07, 6.45) is 4.86. The smallest absolute Gasteiger partial charge is 0.174 e. The van der Waals surface area contributed by atoms with Gasteiger partial charge in [0.1, 0.15) is 0 Å². The maximum atomic E-state index is 12.0. The molecule has 0 fully saturated rings. The molecule has 2 aliphatic rings. The van der Waals surface area contributed by atoms with Gasteiger partial charge in [-0.15, -0.1) is 11.8 Å². The Morgan fingerprint density at radius 1 is 1.22 bits per heavy atom. The minimum atomic E-state index is 0.202. The van der Waals surface area contributed by atoms with Crippen molar-refractivity contribution in [2.75, 3.05) is 5.75 Å². The summed E-state index contributed by atoms with van der Waals surface area (Å²) in [5.41, 5.74) is 9.77. The van der Waals surface area contributed by atoms with E-state index in [1.54, 1.807) is 11.8 Å². The highest BCUT2D eigenvalue weighted by Crippen LogP contribution is 2.40. The maximum Gasteiger partial charge on any atom is 0.174 e. The third-order valence-corrected chi connectivity index (χ3v) is 4.24. The van der Waals surface area contributed by atoms with Crippen molar-refractivity contribution in [2.24, 2.45) is 5.73 Å². The molecule has 1 heterocycles. The van der Waals surface area contributed by atoms with Crippen molar-refractivity contribution in [3.05, 3.63) is 64.1 Å². The van der Waals surface area contributed by atoms with Gasteiger partial charge in [-0.1, -0.05) is 42.5 Å². The molecular weight excluding hydrogens is 242 g/mol. The lowest BCUT2D eigenvalue weighted by atomic mass is 9.91. The number of allylic oxidation sites excluding steroid dienone is 4. The van der Waals surface area contributed by atoms with Gasteiger partial charge in [-0.05, 0) is 17.6 Å². The zero-order valence-corrected chi connectivity index (χ0v) is 10.7. The molecule has 1 aromatic carbocycles. The van der Waals surface area contributed by atoms with Crippen LogP contribution >= 0.6 is 11.8 Å². The third-order valence-electron chi connectivity index (χ3n) is 3.19. The second-order valence-corrected chi connectivity index (χ2v) is 5.33. The van der Waals surface area contributed by atoms with Crippen molar-refractivity contribution in [3.8, 4) is 0 Å². The van der Waals surface area contributed by atoms with Crippen LogP contribution < -0.4 is 5.73 Å². The molecule has 0 spiro atoms. The van der Waals surface area contributed by atoms with Gasteiger partial charge in [-0.2, -0.15) is 0 Å². The van der Waals surface area contributed by atoms with E-state index in [1.165, 1.54) is 0 Å². The molecule has 0 unspecified atom stereocenters. The predicted octanol–water partition coefficient (Wildman–Crippen LogP) is 2.89. The van der Waals surface area contributed by atoms with Gasteiger partial charge in [-0.25, -0.2) is 0 Å². The molecule has 1 aliphatic carbocycles. The first-order valence-electron chi connectivity index (χ1n) is 5.88. The van der Waals surface area contributed by atoms with Gasteiger partial charge >= 0.3 is 0 Å². The van der Waals surface area contributed by atoms with E-state index in [0.29, 0.717) is 5.75 Å². The third kappa shape index (κ3) is 1.81. The van der Waals surface area contributed by atoms with Gasteiger partial charge in [-0.3, -0.25) is 4.79 Å². The highest BCUT2D eigenvalue weighted by Gasteiger charge is 2.28. The predicted molar refractivity (Wildman–Crippen MR) is 75.8 cm³/mol. The second-order valence-electron chi connectivity index (χ2n) is 4.32. The molecule has 90 valence electrons.